The van der Waals surface area contributed by atoms with Crippen LogP contribution >= 0.6 is 0 Å². The van der Waals surface area contributed by atoms with Gasteiger partial charge in [-0.25, -0.2) is 4.99 Å². The van der Waals surface area contributed by atoms with E-state index >= 15 is 0 Å². The van der Waals surface area contributed by atoms with E-state index in [1.165, 1.54) is 21.8 Å². The van der Waals surface area contributed by atoms with Gasteiger partial charge in [-0.1, -0.05) is 140 Å². The first-order chi connectivity index (χ1) is 28.3. The smallest absolute Gasteiger partial charge is 0.146 e. The number of nitrogens with one attached hydrogen (secondary N) is 2. The fraction of sp³-hybridized carbons (Fsp3) is 0.0392. The van der Waals surface area contributed by atoms with E-state index in [9.17, 15) is 0 Å². The van der Waals surface area contributed by atoms with Crippen LogP contribution in [0.25, 0.3) is 82.5 Å². The molecule has 6 heteroatoms. The molecule has 1 aliphatic heterocycles. The van der Waals surface area contributed by atoms with Gasteiger partial charge in [0, 0.05) is 43.6 Å². The summed E-state index contributed by atoms with van der Waals surface area (Å²) in [6.45, 7) is 0. The molecule has 4 heterocycles. The van der Waals surface area contributed by atoms with Crippen LogP contribution in [0.2, 0.25) is 0 Å². The van der Waals surface area contributed by atoms with E-state index in [4.69, 9.17) is 13.8 Å². The molecule has 0 bridgehead atoms. The third-order valence-electron chi connectivity index (χ3n) is 11.5. The van der Waals surface area contributed by atoms with Crippen molar-refractivity contribution < 1.29 is 8.83 Å². The minimum absolute atomic E-state index is 0.153. The molecule has 1 aliphatic rings. The molecule has 0 fully saturated rings. The summed E-state index contributed by atoms with van der Waals surface area (Å²) >= 11 is 0. The fourth-order valence-electron chi connectivity index (χ4n) is 8.92. The molecular weight excluding hydrogens is 701 g/mol. The van der Waals surface area contributed by atoms with Crippen LogP contribution in [-0.4, -0.2) is 10.4 Å². The number of rotatable bonds is 5. The van der Waals surface area contributed by atoms with Crippen molar-refractivity contribution in [3.05, 3.63) is 199 Å². The molecule has 8 aromatic carbocycles. The average Bonchev–Trinajstić information content (AvgIpc) is 3.96. The summed E-state index contributed by atoms with van der Waals surface area (Å²) in [5, 5.41) is 14.1. The van der Waals surface area contributed by atoms with Gasteiger partial charge in [0.25, 0.3) is 0 Å². The van der Waals surface area contributed by atoms with Crippen LogP contribution in [-0.2, 0) is 0 Å². The molecule has 0 amide bonds. The summed E-state index contributed by atoms with van der Waals surface area (Å²) in [5.74, 6) is 0.779. The molecular formula is C51H34N4O2. The van der Waals surface area contributed by atoms with E-state index in [0.717, 1.165) is 83.2 Å². The number of hydrogen-bond acceptors (Lipinski definition) is 5. The maximum Gasteiger partial charge on any atom is 0.146 e. The van der Waals surface area contributed by atoms with Crippen LogP contribution in [0.15, 0.2) is 196 Å². The normalized spacial score (nSPS) is 15.9. The molecule has 2 unspecified atom stereocenters. The number of fused-ring (bicyclic) bond motifs is 9. The van der Waals surface area contributed by atoms with E-state index in [1.807, 2.05) is 12.1 Å². The molecule has 2 atom stereocenters. The number of benzene rings is 8. The van der Waals surface area contributed by atoms with Gasteiger partial charge in [-0.3, -0.25) is 5.32 Å². The Balaban J connectivity index is 1.01. The fourth-order valence-corrected chi connectivity index (χ4v) is 8.92. The van der Waals surface area contributed by atoms with Crippen molar-refractivity contribution in [1.82, 2.24) is 15.2 Å². The Morgan fingerprint density at radius 2 is 1.05 bits per heavy atom. The van der Waals surface area contributed by atoms with Crippen LogP contribution < -0.4 is 10.6 Å². The Morgan fingerprint density at radius 3 is 1.82 bits per heavy atom. The Morgan fingerprint density at radius 1 is 0.456 bits per heavy atom. The molecule has 6 nitrogen and oxygen atoms in total. The highest BCUT2D eigenvalue weighted by molar-refractivity contribution is 6.21. The van der Waals surface area contributed by atoms with E-state index in [1.54, 1.807) is 0 Å². The van der Waals surface area contributed by atoms with Crippen molar-refractivity contribution in [3.8, 4) is 16.8 Å². The molecule has 270 valence electrons. The zero-order valence-corrected chi connectivity index (χ0v) is 30.7. The highest BCUT2D eigenvalue weighted by atomic mass is 16.3. The van der Waals surface area contributed by atoms with Crippen molar-refractivity contribution in [1.29, 1.82) is 0 Å². The second-order valence-corrected chi connectivity index (χ2v) is 14.7. The van der Waals surface area contributed by atoms with Crippen LogP contribution in [0.1, 0.15) is 29.0 Å². The van der Waals surface area contributed by atoms with Gasteiger partial charge < -0.3 is 18.7 Å². The quantitative estimate of drug-likeness (QED) is 0.185. The summed E-state index contributed by atoms with van der Waals surface area (Å²) in [6.07, 6.45) is -0.399. The summed E-state index contributed by atoms with van der Waals surface area (Å²) < 4.78 is 15.9. The van der Waals surface area contributed by atoms with Gasteiger partial charge in [0.1, 0.15) is 40.5 Å². The zero-order valence-electron chi connectivity index (χ0n) is 30.7. The van der Waals surface area contributed by atoms with Crippen molar-refractivity contribution in [2.75, 3.05) is 0 Å². The predicted octanol–water partition coefficient (Wildman–Crippen LogP) is 12.6. The van der Waals surface area contributed by atoms with E-state index in [0.29, 0.717) is 0 Å². The standard InChI is InChI=1S/C51H34N4O2/c1-3-14-31(15-4-1)49-52-50(32-16-5-2-6-17-32)54-51(53-49)40-24-12-23-39-46-36(20-13-27-45(46)57-48(39)40)37-21-11-22-38-41-30-33(28-29-44(41)56-47(37)38)55-42-25-9-7-18-34(42)35-19-8-10-26-43(35)55/h1-30,49-50,52H,(H,53,54). The number of hydrogen-bond donors (Lipinski definition) is 2. The maximum atomic E-state index is 6.80. The monoisotopic (exact) mass is 734 g/mol. The Kier molecular flexibility index (Phi) is 7.03. The largest absolute Gasteiger partial charge is 0.455 e. The molecule has 3 aromatic heterocycles. The molecule has 11 aromatic rings. The highest BCUT2D eigenvalue weighted by Gasteiger charge is 2.28. The first kappa shape index (κ1) is 31.9. The number of nitrogens with zero attached hydrogens (tertiary/aromatic N) is 2. The van der Waals surface area contributed by atoms with Crippen LogP contribution in [0.3, 0.4) is 0 Å². The number of aromatic nitrogens is 1. The lowest BCUT2D eigenvalue weighted by Gasteiger charge is -2.32. The third-order valence-corrected chi connectivity index (χ3v) is 11.5. The molecule has 12 rings (SSSR count). The topological polar surface area (TPSA) is 67.6 Å². The summed E-state index contributed by atoms with van der Waals surface area (Å²) in [7, 11) is 0. The predicted molar refractivity (Wildman–Crippen MR) is 232 cm³/mol. The van der Waals surface area contributed by atoms with Crippen molar-refractivity contribution in [3.63, 3.8) is 0 Å². The molecule has 0 spiro atoms. The summed E-state index contributed by atoms with van der Waals surface area (Å²) in [5.41, 5.74) is 12.0. The van der Waals surface area contributed by atoms with Gasteiger partial charge in [0.05, 0.1) is 16.6 Å². The molecule has 57 heavy (non-hydrogen) atoms. The van der Waals surface area contributed by atoms with Gasteiger partial charge in [0.2, 0.25) is 0 Å². The van der Waals surface area contributed by atoms with E-state index in [-0.39, 0.29) is 12.3 Å². The van der Waals surface area contributed by atoms with Gasteiger partial charge in [0.15, 0.2) is 0 Å². The number of furan rings is 2. The molecule has 2 N–H and O–H groups in total. The Hall–Kier alpha value is -7.41. The molecule has 0 saturated heterocycles. The number of amidine groups is 1. The van der Waals surface area contributed by atoms with Gasteiger partial charge in [-0.2, -0.15) is 0 Å². The third kappa shape index (κ3) is 4.98. The second kappa shape index (κ2) is 12.6. The lowest BCUT2D eigenvalue weighted by atomic mass is 9.97. The highest BCUT2D eigenvalue weighted by Crippen LogP contribution is 2.43. The SMILES string of the molecule is c1ccc(C2N=C(c3cccc4c3oc3cccc(-c5cccc6c5oc5ccc(-n7c8ccccc8c8ccccc87)cc56)c34)NC(c3ccccc3)N2)cc1. The number of aliphatic imine (C=N–C) groups is 1. The Labute approximate surface area is 327 Å². The van der Waals surface area contributed by atoms with Crippen LogP contribution in [0.5, 0.6) is 0 Å². The van der Waals surface area contributed by atoms with Crippen molar-refractivity contribution in [2.45, 2.75) is 12.3 Å². The average molecular weight is 735 g/mol. The summed E-state index contributed by atoms with van der Waals surface area (Å²) in [6, 6.07) is 63.7. The van der Waals surface area contributed by atoms with E-state index < -0.39 is 0 Å². The van der Waals surface area contributed by atoms with Gasteiger partial charge in [-0.05, 0) is 59.2 Å². The van der Waals surface area contributed by atoms with Crippen LogP contribution in [0, 0.1) is 0 Å². The lowest BCUT2D eigenvalue weighted by molar-refractivity contribution is 0.409. The zero-order chi connectivity index (χ0) is 37.5. The van der Waals surface area contributed by atoms with Crippen molar-refractivity contribution >= 4 is 71.5 Å². The minimum atomic E-state index is -0.246. The minimum Gasteiger partial charge on any atom is -0.455 e. The number of para-hydroxylation sites is 4. The van der Waals surface area contributed by atoms with Crippen LogP contribution in [0.4, 0.5) is 0 Å². The molecule has 0 radical (unpaired) electrons. The first-order valence-electron chi connectivity index (χ1n) is 19.4. The summed E-state index contributed by atoms with van der Waals surface area (Å²) in [4.78, 5) is 5.24. The van der Waals surface area contributed by atoms with E-state index in [2.05, 4.69) is 185 Å². The van der Waals surface area contributed by atoms with Gasteiger partial charge in [-0.15, -0.1) is 0 Å². The first-order valence-corrected chi connectivity index (χ1v) is 19.4. The maximum absolute atomic E-state index is 6.80. The van der Waals surface area contributed by atoms with Crippen molar-refractivity contribution in [2.24, 2.45) is 4.99 Å². The van der Waals surface area contributed by atoms with Gasteiger partial charge >= 0.3 is 0 Å². The molecule has 0 aliphatic carbocycles. The Bertz CT molecular complexity index is 3320. The lowest BCUT2D eigenvalue weighted by Crippen LogP contribution is -2.45. The second-order valence-electron chi connectivity index (χ2n) is 14.7. The molecule has 0 saturated carbocycles.